The van der Waals surface area contributed by atoms with Crippen molar-refractivity contribution in [1.29, 1.82) is 0 Å². The Bertz CT molecular complexity index is 858. The van der Waals surface area contributed by atoms with Gasteiger partial charge < -0.3 is 32.1 Å². The van der Waals surface area contributed by atoms with Crippen LogP contribution >= 0.6 is 0 Å². The van der Waals surface area contributed by atoms with E-state index in [9.17, 15) is 24.3 Å². The number of unbranched alkanes of at least 4 members (excludes halogenated alkanes) is 1. The number of hydrogen-bond acceptors (Lipinski definition) is 6. The monoisotopic (exact) mass is 503 g/mol. The second kappa shape index (κ2) is 15.2. The Labute approximate surface area is 213 Å². The highest BCUT2D eigenvalue weighted by Gasteiger charge is 2.31. The quantitative estimate of drug-likeness (QED) is 0.192. The second-order valence-electron chi connectivity index (χ2n) is 9.77. The Hall–Kier alpha value is -2.98. The lowest BCUT2D eigenvalue weighted by Crippen LogP contribution is -2.57. The summed E-state index contributed by atoms with van der Waals surface area (Å²) in [5.74, 6) is -2.38. The number of rotatable bonds is 15. The molecule has 1 fully saturated rings. The van der Waals surface area contributed by atoms with Gasteiger partial charge in [-0.1, -0.05) is 44.2 Å². The fourth-order valence-electron chi connectivity index (χ4n) is 4.24. The van der Waals surface area contributed by atoms with E-state index in [1.807, 2.05) is 44.2 Å². The predicted octanol–water partition coefficient (Wildman–Crippen LogP) is 0.695. The molecule has 1 aromatic carbocycles. The first-order chi connectivity index (χ1) is 17.2. The van der Waals surface area contributed by atoms with Crippen LogP contribution in [0, 0.1) is 5.92 Å². The van der Waals surface area contributed by atoms with Crippen LogP contribution in [0.25, 0.3) is 0 Å². The van der Waals surface area contributed by atoms with Crippen molar-refractivity contribution in [1.82, 2.24) is 21.3 Å². The fourth-order valence-corrected chi connectivity index (χ4v) is 4.24. The molecule has 200 valence electrons. The highest BCUT2D eigenvalue weighted by atomic mass is 16.4. The van der Waals surface area contributed by atoms with Crippen molar-refractivity contribution >= 4 is 23.7 Å². The zero-order valence-corrected chi connectivity index (χ0v) is 21.3. The van der Waals surface area contributed by atoms with Crippen molar-refractivity contribution in [3.8, 4) is 0 Å². The Balaban J connectivity index is 2.18. The molecule has 0 saturated carbocycles. The van der Waals surface area contributed by atoms with Gasteiger partial charge in [0.1, 0.15) is 18.1 Å². The molecule has 3 amide bonds. The Morgan fingerprint density at radius 2 is 1.67 bits per heavy atom. The molecule has 2 rings (SSSR count). The van der Waals surface area contributed by atoms with E-state index in [2.05, 4.69) is 21.3 Å². The SMILES string of the molecule is CC(C)CC(NC(=O)C(Cc1ccccc1)NC(=O)C(CCCCN)NC(=O)C1CCCN1)C(=O)O. The number of nitrogens with two attached hydrogens (primary N) is 1. The number of nitrogens with one attached hydrogen (secondary N) is 4. The number of carbonyl (C=O) groups excluding carboxylic acids is 3. The molecule has 0 spiro atoms. The van der Waals surface area contributed by atoms with Crippen molar-refractivity contribution < 1.29 is 24.3 Å². The molecule has 36 heavy (non-hydrogen) atoms. The van der Waals surface area contributed by atoms with E-state index >= 15 is 0 Å². The third kappa shape index (κ3) is 9.94. The zero-order valence-electron chi connectivity index (χ0n) is 21.3. The fraction of sp³-hybridized carbons (Fsp3) is 0.615. The molecule has 1 heterocycles. The highest BCUT2D eigenvalue weighted by Crippen LogP contribution is 2.10. The highest BCUT2D eigenvalue weighted by molar-refractivity contribution is 5.94. The van der Waals surface area contributed by atoms with Gasteiger partial charge in [-0.15, -0.1) is 0 Å². The van der Waals surface area contributed by atoms with E-state index in [0.717, 1.165) is 18.5 Å². The summed E-state index contributed by atoms with van der Waals surface area (Å²) < 4.78 is 0. The summed E-state index contributed by atoms with van der Waals surface area (Å²) in [5.41, 5.74) is 6.42. The number of carboxylic acid groups (broad SMARTS) is 1. The van der Waals surface area contributed by atoms with Gasteiger partial charge in [-0.2, -0.15) is 0 Å². The maximum Gasteiger partial charge on any atom is 0.326 e. The second-order valence-corrected chi connectivity index (χ2v) is 9.77. The van der Waals surface area contributed by atoms with Crippen molar-refractivity contribution in [3.63, 3.8) is 0 Å². The van der Waals surface area contributed by atoms with Crippen LogP contribution < -0.4 is 27.0 Å². The molecule has 0 bridgehead atoms. The third-order valence-corrected chi connectivity index (χ3v) is 6.19. The van der Waals surface area contributed by atoms with E-state index in [4.69, 9.17) is 5.73 Å². The lowest BCUT2D eigenvalue weighted by Gasteiger charge is -2.26. The van der Waals surface area contributed by atoms with Gasteiger partial charge >= 0.3 is 5.97 Å². The van der Waals surface area contributed by atoms with Crippen LogP contribution in [0.3, 0.4) is 0 Å². The molecule has 0 aliphatic carbocycles. The first kappa shape index (κ1) is 29.3. The molecule has 4 unspecified atom stereocenters. The van der Waals surface area contributed by atoms with Crippen molar-refractivity contribution in [2.24, 2.45) is 11.7 Å². The number of carboxylic acids is 1. The van der Waals surface area contributed by atoms with Crippen LogP contribution in [0.4, 0.5) is 0 Å². The number of amides is 3. The molecule has 0 radical (unpaired) electrons. The van der Waals surface area contributed by atoms with Gasteiger partial charge in [0.25, 0.3) is 0 Å². The number of hydrogen-bond donors (Lipinski definition) is 6. The van der Waals surface area contributed by atoms with Crippen LogP contribution in [0.15, 0.2) is 30.3 Å². The summed E-state index contributed by atoms with van der Waals surface area (Å²) in [5, 5.41) is 20.9. The Morgan fingerprint density at radius 3 is 2.25 bits per heavy atom. The van der Waals surface area contributed by atoms with Gasteiger partial charge in [0.15, 0.2) is 0 Å². The van der Waals surface area contributed by atoms with E-state index < -0.39 is 35.9 Å². The van der Waals surface area contributed by atoms with Gasteiger partial charge in [0.2, 0.25) is 17.7 Å². The molecule has 10 heteroatoms. The smallest absolute Gasteiger partial charge is 0.326 e. The van der Waals surface area contributed by atoms with Crippen LogP contribution in [-0.2, 0) is 25.6 Å². The minimum Gasteiger partial charge on any atom is -0.480 e. The predicted molar refractivity (Wildman–Crippen MR) is 137 cm³/mol. The molecule has 7 N–H and O–H groups in total. The molecule has 1 aliphatic heterocycles. The lowest BCUT2D eigenvalue weighted by atomic mass is 10.0. The largest absolute Gasteiger partial charge is 0.480 e. The molecule has 10 nitrogen and oxygen atoms in total. The third-order valence-electron chi connectivity index (χ3n) is 6.19. The van der Waals surface area contributed by atoms with E-state index in [-0.39, 0.29) is 30.7 Å². The molecular formula is C26H41N5O5. The summed E-state index contributed by atoms with van der Waals surface area (Å²) in [6.07, 6.45) is 3.76. The molecule has 1 aliphatic rings. The number of benzene rings is 1. The summed E-state index contributed by atoms with van der Waals surface area (Å²) in [6, 6.07) is 5.93. The zero-order chi connectivity index (χ0) is 26.5. The Morgan fingerprint density at radius 1 is 1.00 bits per heavy atom. The van der Waals surface area contributed by atoms with Gasteiger partial charge in [0, 0.05) is 6.42 Å². The minimum atomic E-state index is -1.13. The van der Waals surface area contributed by atoms with Gasteiger partial charge in [0.05, 0.1) is 6.04 Å². The topological polar surface area (TPSA) is 163 Å². The van der Waals surface area contributed by atoms with Crippen molar-refractivity contribution in [3.05, 3.63) is 35.9 Å². The van der Waals surface area contributed by atoms with Crippen molar-refractivity contribution in [2.75, 3.05) is 13.1 Å². The van der Waals surface area contributed by atoms with Crippen LogP contribution in [0.5, 0.6) is 0 Å². The van der Waals surface area contributed by atoms with Crippen molar-refractivity contribution in [2.45, 2.75) is 83.0 Å². The van der Waals surface area contributed by atoms with E-state index in [1.54, 1.807) is 0 Å². The molecular weight excluding hydrogens is 462 g/mol. The average Bonchev–Trinajstić information content (AvgIpc) is 3.38. The summed E-state index contributed by atoms with van der Waals surface area (Å²) in [4.78, 5) is 50.9. The minimum absolute atomic E-state index is 0.0555. The number of carbonyl (C=O) groups is 4. The first-order valence-electron chi connectivity index (χ1n) is 12.8. The molecule has 0 aromatic heterocycles. The molecule has 1 saturated heterocycles. The standard InChI is InChI=1S/C26H41N5O5/c1-17(2)15-22(26(35)36)31-25(34)21(16-18-9-4-3-5-10-18)30-24(33)20(11-6-7-13-27)29-23(32)19-12-8-14-28-19/h3-5,9-10,17,19-22,28H,6-8,11-16,27H2,1-2H3,(H,29,32)(H,30,33)(H,31,34)(H,35,36). The first-order valence-corrected chi connectivity index (χ1v) is 12.8. The van der Waals surface area contributed by atoms with Crippen LogP contribution in [-0.4, -0.2) is 66.1 Å². The maximum atomic E-state index is 13.3. The van der Waals surface area contributed by atoms with E-state index in [1.165, 1.54) is 0 Å². The summed E-state index contributed by atoms with van der Waals surface area (Å²) >= 11 is 0. The summed E-state index contributed by atoms with van der Waals surface area (Å²) in [7, 11) is 0. The molecule has 1 aromatic rings. The van der Waals surface area contributed by atoms with Gasteiger partial charge in [-0.05, 0) is 63.1 Å². The van der Waals surface area contributed by atoms with E-state index in [0.29, 0.717) is 32.2 Å². The summed E-state index contributed by atoms with van der Waals surface area (Å²) in [6.45, 7) is 4.97. The lowest BCUT2D eigenvalue weighted by molar-refractivity contribution is -0.142. The Kier molecular flexibility index (Phi) is 12.4. The number of aliphatic carboxylic acids is 1. The van der Waals surface area contributed by atoms with Crippen LogP contribution in [0.2, 0.25) is 0 Å². The van der Waals surface area contributed by atoms with Gasteiger partial charge in [-0.25, -0.2) is 4.79 Å². The molecule has 4 atom stereocenters. The maximum absolute atomic E-state index is 13.3. The van der Waals surface area contributed by atoms with Gasteiger partial charge in [-0.3, -0.25) is 14.4 Å². The average molecular weight is 504 g/mol. The van der Waals surface area contributed by atoms with Crippen LogP contribution in [0.1, 0.15) is 57.9 Å². The normalized spacial score (nSPS) is 17.7.